The first-order chi connectivity index (χ1) is 9.81. The highest BCUT2D eigenvalue weighted by atomic mass is 32.2. The Morgan fingerprint density at radius 3 is 3.15 bits per heavy atom. The van der Waals surface area contributed by atoms with Gasteiger partial charge in [0, 0.05) is 36.6 Å². The molecule has 0 bridgehead atoms. The molecule has 3 rings (SSSR count). The van der Waals surface area contributed by atoms with Gasteiger partial charge >= 0.3 is 0 Å². The van der Waals surface area contributed by atoms with Crippen molar-refractivity contribution in [2.45, 2.75) is 12.6 Å². The Kier molecular flexibility index (Phi) is 4.90. The van der Waals surface area contributed by atoms with Gasteiger partial charge in [-0.25, -0.2) is 4.98 Å². The molecule has 0 saturated carbocycles. The Labute approximate surface area is 126 Å². The lowest BCUT2D eigenvalue weighted by atomic mass is 10.3. The Morgan fingerprint density at radius 2 is 2.40 bits per heavy atom. The number of rotatable bonds is 4. The van der Waals surface area contributed by atoms with Gasteiger partial charge in [0.25, 0.3) is 0 Å². The third-order valence-electron chi connectivity index (χ3n) is 3.30. The van der Waals surface area contributed by atoms with Gasteiger partial charge in [0.1, 0.15) is 0 Å². The van der Waals surface area contributed by atoms with Crippen LogP contribution in [0.3, 0.4) is 0 Å². The van der Waals surface area contributed by atoms with Crippen LogP contribution >= 0.6 is 23.1 Å². The minimum absolute atomic E-state index is 0.0160. The molecule has 8 heteroatoms. The summed E-state index contributed by atoms with van der Waals surface area (Å²) in [4.78, 5) is 18.8. The van der Waals surface area contributed by atoms with Crippen molar-refractivity contribution >= 4 is 34.1 Å². The summed E-state index contributed by atoms with van der Waals surface area (Å²) in [6.07, 6.45) is 0. The van der Waals surface area contributed by atoms with Crippen molar-refractivity contribution in [3.05, 3.63) is 11.1 Å². The SMILES string of the molecule is O=C(Nc1nc(CN2CCOCC2)cs1)C1CSCN1. The van der Waals surface area contributed by atoms with Crippen molar-refractivity contribution in [1.29, 1.82) is 0 Å². The Morgan fingerprint density at radius 1 is 1.55 bits per heavy atom. The lowest BCUT2D eigenvalue weighted by Crippen LogP contribution is -2.37. The number of amides is 1. The van der Waals surface area contributed by atoms with Crippen LogP contribution in [-0.2, 0) is 16.1 Å². The smallest absolute Gasteiger partial charge is 0.244 e. The molecule has 0 spiro atoms. The van der Waals surface area contributed by atoms with Crippen LogP contribution in [0.4, 0.5) is 5.13 Å². The molecule has 2 N–H and O–H groups in total. The van der Waals surface area contributed by atoms with E-state index in [4.69, 9.17) is 4.74 Å². The monoisotopic (exact) mass is 314 g/mol. The van der Waals surface area contributed by atoms with Crippen LogP contribution in [0.2, 0.25) is 0 Å². The summed E-state index contributed by atoms with van der Waals surface area (Å²) < 4.78 is 5.33. The maximum Gasteiger partial charge on any atom is 0.244 e. The molecule has 1 amide bonds. The normalized spacial score (nSPS) is 23.9. The van der Waals surface area contributed by atoms with Gasteiger partial charge in [-0.15, -0.1) is 23.1 Å². The van der Waals surface area contributed by atoms with Crippen LogP contribution in [0, 0.1) is 0 Å². The maximum absolute atomic E-state index is 12.0. The van der Waals surface area contributed by atoms with E-state index >= 15 is 0 Å². The topological polar surface area (TPSA) is 66.5 Å². The summed E-state index contributed by atoms with van der Waals surface area (Å²) in [5, 5.41) is 8.75. The number of nitrogens with zero attached hydrogens (tertiary/aromatic N) is 2. The Bertz CT molecular complexity index is 456. The number of carbonyl (C=O) groups excluding carboxylic acids is 1. The lowest BCUT2D eigenvalue weighted by Gasteiger charge is -2.25. The van der Waals surface area contributed by atoms with Gasteiger partial charge in [0.2, 0.25) is 5.91 Å². The second-order valence-electron chi connectivity index (χ2n) is 4.79. The fraction of sp³-hybridized carbons (Fsp3) is 0.667. The van der Waals surface area contributed by atoms with Crippen molar-refractivity contribution in [3.8, 4) is 0 Å². The van der Waals surface area contributed by atoms with E-state index < -0.39 is 0 Å². The second-order valence-corrected chi connectivity index (χ2v) is 6.68. The summed E-state index contributed by atoms with van der Waals surface area (Å²) >= 11 is 3.23. The highest BCUT2D eigenvalue weighted by Gasteiger charge is 2.23. The van der Waals surface area contributed by atoms with Crippen molar-refractivity contribution in [2.24, 2.45) is 0 Å². The molecule has 2 aliphatic heterocycles. The number of anilines is 1. The molecule has 1 aromatic rings. The van der Waals surface area contributed by atoms with Crippen molar-refractivity contribution in [3.63, 3.8) is 0 Å². The maximum atomic E-state index is 12.0. The number of thioether (sulfide) groups is 1. The molecular weight excluding hydrogens is 296 g/mol. The van der Waals surface area contributed by atoms with Crippen LogP contribution in [0.1, 0.15) is 5.69 Å². The van der Waals surface area contributed by atoms with E-state index in [1.165, 1.54) is 11.3 Å². The predicted octanol–water partition coefficient (Wildman–Crippen LogP) is 0.576. The zero-order valence-electron chi connectivity index (χ0n) is 11.1. The van der Waals surface area contributed by atoms with Gasteiger partial charge in [-0.05, 0) is 0 Å². The van der Waals surface area contributed by atoms with Gasteiger partial charge in [-0.3, -0.25) is 15.0 Å². The first kappa shape index (κ1) is 14.3. The largest absolute Gasteiger partial charge is 0.379 e. The summed E-state index contributed by atoms with van der Waals surface area (Å²) in [5.41, 5.74) is 1.01. The van der Waals surface area contributed by atoms with E-state index in [2.05, 4.69) is 20.5 Å². The van der Waals surface area contributed by atoms with E-state index in [1.54, 1.807) is 11.8 Å². The number of nitrogens with one attached hydrogen (secondary N) is 2. The molecule has 3 heterocycles. The third kappa shape index (κ3) is 3.70. The number of morpholine rings is 1. The summed E-state index contributed by atoms with van der Waals surface area (Å²) in [6, 6.07) is -0.0911. The van der Waals surface area contributed by atoms with Crippen molar-refractivity contribution in [2.75, 3.05) is 43.2 Å². The average molecular weight is 314 g/mol. The predicted molar refractivity (Wildman–Crippen MR) is 81.1 cm³/mol. The van der Waals surface area contributed by atoms with Crippen LogP contribution in [0.25, 0.3) is 0 Å². The first-order valence-electron chi connectivity index (χ1n) is 6.68. The van der Waals surface area contributed by atoms with Crippen LogP contribution in [0.15, 0.2) is 5.38 Å². The summed E-state index contributed by atoms with van der Waals surface area (Å²) in [6.45, 7) is 4.30. The molecule has 20 heavy (non-hydrogen) atoms. The number of hydrogen-bond donors (Lipinski definition) is 2. The summed E-state index contributed by atoms with van der Waals surface area (Å²) in [5.74, 6) is 1.69. The molecule has 2 fully saturated rings. The van der Waals surface area contributed by atoms with Gasteiger partial charge in [-0.2, -0.15) is 0 Å². The number of aromatic nitrogens is 1. The fourth-order valence-corrected chi connectivity index (χ4v) is 3.83. The fourth-order valence-electron chi connectivity index (χ4n) is 2.18. The quantitative estimate of drug-likeness (QED) is 0.847. The van der Waals surface area contributed by atoms with E-state index in [0.717, 1.165) is 50.2 Å². The van der Waals surface area contributed by atoms with Gasteiger partial charge in [0.05, 0.1) is 24.9 Å². The zero-order valence-corrected chi connectivity index (χ0v) is 12.8. The van der Waals surface area contributed by atoms with E-state index in [9.17, 15) is 4.79 Å². The first-order valence-corrected chi connectivity index (χ1v) is 8.71. The highest BCUT2D eigenvalue weighted by Crippen LogP contribution is 2.18. The van der Waals surface area contributed by atoms with Crippen LogP contribution in [0.5, 0.6) is 0 Å². The van der Waals surface area contributed by atoms with Gasteiger partial charge < -0.3 is 10.1 Å². The molecule has 110 valence electrons. The molecule has 2 saturated heterocycles. The summed E-state index contributed by atoms with van der Waals surface area (Å²) in [7, 11) is 0. The van der Waals surface area contributed by atoms with E-state index in [1.807, 2.05) is 5.38 Å². The zero-order chi connectivity index (χ0) is 13.8. The van der Waals surface area contributed by atoms with E-state index in [-0.39, 0.29) is 11.9 Å². The molecule has 1 atom stereocenters. The molecule has 0 aliphatic carbocycles. The molecule has 0 aromatic carbocycles. The van der Waals surface area contributed by atoms with Crippen molar-refractivity contribution < 1.29 is 9.53 Å². The van der Waals surface area contributed by atoms with Gasteiger partial charge in [-0.1, -0.05) is 0 Å². The average Bonchev–Trinajstić information content (AvgIpc) is 3.11. The van der Waals surface area contributed by atoms with Crippen LogP contribution < -0.4 is 10.6 Å². The number of hydrogen-bond acceptors (Lipinski definition) is 7. The Balaban J connectivity index is 1.52. The Hall–Kier alpha value is -0.670. The molecule has 0 radical (unpaired) electrons. The highest BCUT2D eigenvalue weighted by molar-refractivity contribution is 7.99. The minimum Gasteiger partial charge on any atom is -0.379 e. The number of carbonyl (C=O) groups is 1. The van der Waals surface area contributed by atoms with Gasteiger partial charge in [0.15, 0.2) is 5.13 Å². The molecule has 2 aliphatic rings. The van der Waals surface area contributed by atoms with Crippen LogP contribution in [-0.4, -0.2) is 59.8 Å². The standard InChI is InChI=1S/C12H18N4O2S2/c17-11(10-7-19-8-13-10)15-12-14-9(6-20-12)5-16-1-3-18-4-2-16/h6,10,13H,1-5,7-8H2,(H,14,15,17). The second kappa shape index (κ2) is 6.86. The number of thiazole rings is 1. The third-order valence-corrected chi connectivity index (χ3v) is 5.05. The molecule has 1 unspecified atom stereocenters. The van der Waals surface area contributed by atoms with Crippen molar-refractivity contribution in [1.82, 2.24) is 15.2 Å². The number of ether oxygens (including phenoxy) is 1. The molecular formula is C12H18N4O2S2. The van der Waals surface area contributed by atoms with E-state index in [0.29, 0.717) is 5.13 Å². The lowest BCUT2D eigenvalue weighted by molar-refractivity contribution is -0.117. The molecule has 6 nitrogen and oxygen atoms in total. The minimum atomic E-state index is -0.0911. The molecule has 1 aromatic heterocycles.